The molecule has 2 aliphatic rings. The Morgan fingerprint density at radius 3 is 2.79 bits per heavy atom. The second-order valence-corrected chi connectivity index (χ2v) is 5.84. The lowest BCUT2D eigenvalue weighted by molar-refractivity contribution is -0.0458. The van der Waals surface area contributed by atoms with Gasteiger partial charge in [0, 0.05) is 26.2 Å². The van der Waals surface area contributed by atoms with Crippen molar-refractivity contribution in [1.82, 2.24) is 9.80 Å². The molecule has 2 atom stereocenters. The van der Waals surface area contributed by atoms with Gasteiger partial charge in [0.25, 0.3) is 0 Å². The third-order valence-electron chi connectivity index (χ3n) is 4.75. The van der Waals surface area contributed by atoms with E-state index in [1.165, 1.54) is 5.56 Å². The van der Waals surface area contributed by atoms with E-state index in [1.807, 2.05) is 6.07 Å². The molecule has 1 spiro atoms. The van der Waals surface area contributed by atoms with Crippen LogP contribution in [0.5, 0.6) is 0 Å². The maximum Gasteiger partial charge on any atom is 0.407 e. The van der Waals surface area contributed by atoms with Crippen molar-refractivity contribution in [3.8, 4) is 0 Å². The molecule has 0 radical (unpaired) electrons. The normalized spacial score (nSPS) is 30.6. The quantitative estimate of drug-likeness (QED) is 0.887. The Kier molecular flexibility index (Phi) is 2.97. The highest BCUT2D eigenvalue weighted by Gasteiger charge is 2.56. The largest absolute Gasteiger partial charge is 0.465 e. The molecule has 2 saturated heterocycles. The predicted octanol–water partition coefficient (Wildman–Crippen LogP) is 2.26. The number of benzene rings is 1. The van der Waals surface area contributed by atoms with Gasteiger partial charge in [0.05, 0.1) is 5.54 Å². The highest BCUT2D eigenvalue weighted by atomic mass is 16.4. The summed E-state index contributed by atoms with van der Waals surface area (Å²) in [4.78, 5) is 15.3. The van der Waals surface area contributed by atoms with Crippen LogP contribution in [-0.2, 0) is 6.54 Å². The molecule has 0 saturated carbocycles. The van der Waals surface area contributed by atoms with Crippen LogP contribution in [0.25, 0.3) is 0 Å². The number of hydrogen-bond acceptors (Lipinski definition) is 2. The average molecular weight is 260 g/mol. The van der Waals surface area contributed by atoms with Gasteiger partial charge in [-0.05, 0) is 17.9 Å². The van der Waals surface area contributed by atoms with E-state index in [9.17, 15) is 9.90 Å². The number of carboxylic acid groups (broad SMARTS) is 1. The van der Waals surface area contributed by atoms with E-state index in [0.717, 1.165) is 26.1 Å². The van der Waals surface area contributed by atoms with E-state index < -0.39 is 6.09 Å². The summed E-state index contributed by atoms with van der Waals surface area (Å²) in [5, 5.41) is 9.26. The minimum absolute atomic E-state index is 0.124. The topological polar surface area (TPSA) is 43.8 Å². The Morgan fingerprint density at radius 1 is 1.42 bits per heavy atom. The van der Waals surface area contributed by atoms with Gasteiger partial charge in [-0.2, -0.15) is 0 Å². The van der Waals surface area contributed by atoms with Crippen LogP contribution in [-0.4, -0.2) is 46.2 Å². The maximum atomic E-state index is 11.3. The standard InChI is InChI=1S/C15H20N2O2/c1-12-9-17(14(18)19)15(12)7-8-16(11-15)10-13-5-3-2-4-6-13/h2-6,12H,7-11H2,1H3,(H,18,19)/t12-,15-/m0/s1. The summed E-state index contributed by atoms with van der Waals surface area (Å²) < 4.78 is 0. The molecule has 0 bridgehead atoms. The van der Waals surface area contributed by atoms with Crippen LogP contribution in [0.3, 0.4) is 0 Å². The van der Waals surface area contributed by atoms with Gasteiger partial charge in [-0.15, -0.1) is 0 Å². The van der Waals surface area contributed by atoms with Gasteiger partial charge in [0.1, 0.15) is 0 Å². The van der Waals surface area contributed by atoms with E-state index in [2.05, 4.69) is 36.1 Å². The van der Waals surface area contributed by atoms with E-state index in [4.69, 9.17) is 0 Å². The van der Waals surface area contributed by atoms with Crippen LogP contribution >= 0.6 is 0 Å². The molecule has 4 nitrogen and oxygen atoms in total. The molecule has 0 unspecified atom stereocenters. The zero-order valence-corrected chi connectivity index (χ0v) is 11.2. The summed E-state index contributed by atoms with van der Waals surface area (Å²) in [5.41, 5.74) is 1.18. The first-order valence-electron chi connectivity index (χ1n) is 6.89. The molecule has 2 heterocycles. The van der Waals surface area contributed by atoms with Gasteiger partial charge in [0.15, 0.2) is 0 Å². The van der Waals surface area contributed by atoms with E-state index in [1.54, 1.807) is 4.90 Å². The Bertz CT molecular complexity index is 476. The van der Waals surface area contributed by atoms with Crippen molar-refractivity contribution in [2.45, 2.75) is 25.4 Å². The van der Waals surface area contributed by atoms with Crippen LogP contribution in [0.2, 0.25) is 0 Å². The summed E-state index contributed by atoms with van der Waals surface area (Å²) in [7, 11) is 0. The third kappa shape index (κ3) is 2.00. The number of nitrogens with zero attached hydrogens (tertiary/aromatic N) is 2. The fourth-order valence-electron chi connectivity index (χ4n) is 3.54. The lowest BCUT2D eigenvalue weighted by Gasteiger charge is -2.54. The summed E-state index contributed by atoms with van der Waals surface area (Å²) in [6.45, 7) is 5.64. The van der Waals surface area contributed by atoms with Gasteiger partial charge < -0.3 is 10.0 Å². The molecular weight excluding hydrogens is 240 g/mol. The number of amides is 1. The van der Waals surface area contributed by atoms with Gasteiger partial charge in [-0.3, -0.25) is 4.90 Å². The SMILES string of the molecule is C[C@H]1CN(C(=O)O)[C@]12CCN(Cc1ccccc1)C2. The van der Waals surface area contributed by atoms with Crippen LogP contribution in [0.15, 0.2) is 30.3 Å². The molecule has 1 aromatic rings. The summed E-state index contributed by atoms with van der Waals surface area (Å²) in [5.74, 6) is 0.476. The number of hydrogen-bond donors (Lipinski definition) is 1. The minimum Gasteiger partial charge on any atom is -0.465 e. The highest BCUT2D eigenvalue weighted by Crippen LogP contribution is 2.43. The van der Waals surface area contributed by atoms with Gasteiger partial charge in [-0.25, -0.2) is 4.79 Å². The van der Waals surface area contributed by atoms with Crippen LogP contribution in [0.4, 0.5) is 4.79 Å². The number of likely N-dealkylation sites (tertiary alicyclic amines) is 2. The molecule has 0 aliphatic carbocycles. The third-order valence-corrected chi connectivity index (χ3v) is 4.75. The molecule has 0 aromatic heterocycles. The summed E-state index contributed by atoms with van der Waals surface area (Å²) in [6, 6.07) is 10.4. The van der Waals surface area contributed by atoms with Crippen molar-refractivity contribution in [2.24, 2.45) is 5.92 Å². The van der Waals surface area contributed by atoms with Crippen molar-refractivity contribution in [3.63, 3.8) is 0 Å². The van der Waals surface area contributed by atoms with Crippen molar-refractivity contribution < 1.29 is 9.90 Å². The highest BCUT2D eigenvalue weighted by molar-refractivity contribution is 5.68. The lowest BCUT2D eigenvalue weighted by atomic mass is 9.74. The molecule has 3 rings (SSSR count). The average Bonchev–Trinajstić information content (AvgIpc) is 2.83. The molecule has 102 valence electrons. The molecular formula is C15H20N2O2. The second-order valence-electron chi connectivity index (χ2n) is 5.84. The smallest absolute Gasteiger partial charge is 0.407 e. The zero-order chi connectivity index (χ0) is 13.5. The Morgan fingerprint density at radius 2 is 2.16 bits per heavy atom. The van der Waals surface area contributed by atoms with Crippen molar-refractivity contribution in [1.29, 1.82) is 0 Å². The summed E-state index contributed by atoms with van der Waals surface area (Å²) in [6.07, 6.45) is 0.201. The molecule has 2 fully saturated rings. The predicted molar refractivity (Wildman–Crippen MR) is 73.0 cm³/mol. The zero-order valence-electron chi connectivity index (χ0n) is 11.2. The van der Waals surface area contributed by atoms with Gasteiger partial charge >= 0.3 is 6.09 Å². The van der Waals surface area contributed by atoms with Gasteiger partial charge in [0.2, 0.25) is 0 Å². The van der Waals surface area contributed by atoms with E-state index in [0.29, 0.717) is 12.5 Å². The Hall–Kier alpha value is -1.55. The first kappa shape index (κ1) is 12.5. The molecule has 1 amide bonds. The van der Waals surface area contributed by atoms with Crippen molar-refractivity contribution >= 4 is 6.09 Å². The van der Waals surface area contributed by atoms with Gasteiger partial charge in [-0.1, -0.05) is 37.3 Å². The van der Waals surface area contributed by atoms with Crippen molar-refractivity contribution in [2.75, 3.05) is 19.6 Å². The second kappa shape index (κ2) is 4.53. The molecule has 2 aliphatic heterocycles. The Balaban J connectivity index is 1.68. The van der Waals surface area contributed by atoms with Crippen molar-refractivity contribution in [3.05, 3.63) is 35.9 Å². The minimum atomic E-state index is -0.764. The first-order chi connectivity index (χ1) is 9.12. The molecule has 4 heteroatoms. The number of carbonyl (C=O) groups is 1. The van der Waals surface area contributed by atoms with Crippen LogP contribution in [0.1, 0.15) is 18.9 Å². The lowest BCUT2D eigenvalue weighted by Crippen LogP contribution is -2.68. The van der Waals surface area contributed by atoms with Crippen LogP contribution < -0.4 is 0 Å². The summed E-state index contributed by atoms with van der Waals surface area (Å²) >= 11 is 0. The monoisotopic (exact) mass is 260 g/mol. The molecule has 1 aromatic carbocycles. The molecule has 1 N–H and O–H groups in total. The fraction of sp³-hybridized carbons (Fsp3) is 0.533. The van der Waals surface area contributed by atoms with Crippen LogP contribution in [0, 0.1) is 5.92 Å². The molecule has 19 heavy (non-hydrogen) atoms. The first-order valence-corrected chi connectivity index (χ1v) is 6.89. The van der Waals surface area contributed by atoms with E-state index >= 15 is 0 Å². The number of rotatable bonds is 2. The Labute approximate surface area is 113 Å². The maximum absolute atomic E-state index is 11.3. The van der Waals surface area contributed by atoms with E-state index in [-0.39, 0.29) is 5.54 Å². The fourth-order valence-corrected chi connectivity index (χ4v) is 3.54.